The van der Waals surface area contributed by atoms with Gasteiger partial charge in [-0.25, -0.2) is 0 Å². The average Bonchev–Trinajstić information content (AvgIpc) is 2.78. The molecule has 0 unspecified atom stereocenters. The van der Waals surface area contributed by atoms with Gasteiger partial charge in [-0.05, 0) is 6.42 Å². The second kappa shape index (κ2) is 12.2. The molecule has 0 heterocycles. The van der Waals surface area contributed by atoms with Gasteiger partial charge >= 0.3 is 0 Å². The molecule has 0 aromatic heterocycles. The minimum absolute atomic E-state index is 0.913. The Morgan fingerprint density at radius 1 is 0.571 bits per heavy atom. The molecule has 148 valence electrons. The Kier molecular flexibility index (Phi) is 9.58. The summed E-state index contributed by atoms with van der Waals surface area (Å²) in [6, 6.07) is 33.2. The fraction of sp³-hybridized carbons (Fsp3) is 0.308. The van der Waals surface area contributed by atoms with Gasteiger partial charge in [0, 0.05) is 0 Å². The monoisotopic (exact) mass is 373 g/mol. The Morgan fingerprint density at radius 3 is 1.18 bits per heavy atom. The van der Waals surface area contributed by atoms with Crippen molar-refractivity contribution >= 4 is 22.5 Å². The molecule has 0 amide bonds. The van der Waals surface area contributed by atoms with Crippen LogP contribution >= 0.6 is 0 Å². The van der Waals surface area contributed by atoms with Crippen LogP contribution in [0.25, 0.3) is 0 Å². The second-order valence-corrected chi connectivity index (χ2v) is 7.63. The summed E-state index contributed by atoms with van der Waals surface area (Å²) in [6.45, 7) is 5.55. The van der Waals surface area contributed by atoms with Gasteiger partial charge < -0.3 is 5.73 Å². The fourth-order valence-corrected chi connectivity index (χ4v) is 4.18. The van der Waals surface area contributed by atoms with Crippen molar-refractivity contribution in [2.24, 2.45) is 0 Å². The first kappa shape index (κ1) is 22.0. The van der Waals surface area contributed by atoms with Crippen LogP contribution in [0.2, 0.25) is 6.32 Å². The highest BCUT2D eigenvalue weighted by Gasteiger charge is 2.28. The summed E-state index contributed by atoms with van der Waals surface area (Å²) < 4.78 is 0. The van der Waals surface area contributed by atoms with Crippen LogP contribution in [-0.4, -0.2) is 12.7 Å². The van der Waals surface area contributed by atoms with Crippen LogP contribution in [-0.2, 0) is 0 Å². The van der Waals surface area contributed by atoms with Crippen LogP contribution in [0.5, 0.6) is 0 Å². The highest BCUT2D eigenvalue weighted by Crippen LogP contribution is 2.16. The molecule has 3 aromatic carbocycles. The molecule has 0 saturated heterocycles. The number of benzene rings is 3. The molecular weight excluding hydrogens is 337 g/mol. The minimum atomic E-state index is -0.913. The normalized spacial score (nSPS) is 10.8. The van der Waals surface area contributed by atoms with Crippen molar-refractivity contribution in [1.29, 1.82) is 0 Å². The third kappa shape index (κ3) is 5.59. The van der Waals surface area contributed by atoms with Gasteiger partial charge in [0.1, 0.15) is 0 Å². The van der Waals surface area contributed by atoms with E-state index in [1.807, 2.05) is 0 Å². The zero-order valence-electron chi connectivity index (χ0n) is 17.7. The number of quaternary nitrogens is 1. The molecule has 0 atom stereocenters. The fourth-order valence-electron chi connectivity index (χ4n) is 4.18. The quantitative estimate of drug-likeness (QED) is 0.579. The second-order valence-electron chi connectivity index (χ2n) is 7.63. The lowest BCUT2D eigenvalue weighted by atomic mass is 9.14. The number of unbranched alkanes of at least 4 members (excludes halogenated alkanes) is 2. The van der Waals surface area contributed by atoms with Gasteiger partial charge in [0.25, 0.3) is 0 Å². The number of hydrogen-bond donors (Lipinski definition) is 1. The maximum atomic E-state index is 3.68. The summed E-state index contributed by atoms with van der Waals surface area (Å²) in [5, 5.41) is 0. The third-order valence-electron chi connectivity index (χ3n) is 5.70. The van der Waals surface area contributed by atoms with Gasteiger partial charge in [-0.15, -0.1) is 0 Å². The van der Waals surface area contributed by atoms with Crippen LogP contribution in [0.15, 0.2) is 91.0 Å². The van der Waals surface area contributed by atoms with E-state index in [2.05, 4.69) is 111 Å². The van der Waals surface area contributed by atoms with Crippen LogP contribution < -0.4 is 22.1 Å². The van der Waals surface area contributed by atoms with Crippen LogP contribution in [0, 0.1) is 0 Å². The van der Waals surface area contributed by atoms with Crippen LogP contribution in [0.1, 0.15) is 39.5 Å². The molecule has 3 rings (SSSR count). The van der Waals surface area contributed by atoms with Crippen molar-refractivity contribution in [3.63, 3.8) is 0 Å². The molecule has 0 spiro atoms. The van der Waals surface area contributed by atoms with E-state index in [9.17, 15) is 0 Å². The van der Waals surface area contributed by atoms with Crippen molar-refractivity contribution in [3.8, 4) is 0 Å². The van der Waals surface area contributed by atoms with Crippen molar-refractivity contribution in [1.82, 2.24) is 0 Å². The van der Waals surface area contributed by atoms with E-state index >= 15 is 0 Å². The first-order chi connectivity index (χ1) is 13.8. The van der Waals surface area contributed by atoms with E-state index < -0.39 is 6.15 Å². The summed E-state index contributed by atoms with van der Waals surface area (Å²) in [5.41, 5.74) is 8.00. The maximum Gasteiger partial charge on any atom is 0.0814 e. The van der Waals surface area contributed by atoms with Gasteiger partial charge in [-0.3, -0.25) is 0 Å². The molecular formula is C26H36BN. The summed E-state index contributed by atoms with van der Waals surface area (Å²) in [4.78, 5) is 0. The van der Waals surface area contributed by atoms with Crippen molar-refractivity contribution in [3.05, 3.63) is 91.0 Å². The lowest BCUT2D eigenvalue weighted by Gasteiger charge is -2.43. The Labute approximate surface area is 171 Å². The third-order valence-corrected chi connectivity index (χ3v) is 5.70. The van der Waals surface area contributed by atoms with Gasteiger partial charge in [0.15, 0.2) is 0 Å². The zero-order valence-corrected chi connectivity index (χ0v) is 17.7. The lowest BCUT2D eigenvalue weighted by molar-refractivity contribution is -0.368. The van der Waals surface area contributed by atoms with Gasteiger partial charge in [0.05, 0.1) is 12.7 Å². The molecule has 28 heavy (non-hydrogen) atoms. The van der Waals surface area contributed by atoms with Crippen molar-refractivity contribution in [2.75, 3.05) is 6.54 Å². The molecule has 0 aliphatic carbocycles. The SMILES string of the molecule is CCCC[B-](c1ccccc1)(c1ccccc1)c1ccccc1.CCCC[NH3+]. The summed E-state index contributed by atoms with van der Waals surface area (Å²) in [6.07, 6.45) is 5.29. The minimum Gasteiger partial charge on any atom is -0.358 e. The smallest absolute Gasteiger partial charge is 0.0814 e. The van der Waals surface area contributed by atoms with Crippen LogP contribution in [0.4, 0.5) is 0 Å². The topological polar surface area (TPSA) is 27.6 Å². The van der Waals surface area contributed by atoms with Gasteiger partial charge in [-0.1, -0.05) is 124 Å². The predicted octanol–water partition coefficient (Wildman–Crippen LogP) is 3.99. The van der Waals surface area contributed by atoms with E-state index in [0.717, 1.165) is 6.54 Å². The molecule has 3 N–H and O–H groups in total. The zero-order chi connectivity index (χ0) is 20.1. The number of hydrogen-bond acceptors (Lipinski definition) is 0. The molecule has 0 aliphatic heterocycles. The molecule has 0 radical (unpaired) electrons. The lowest BCUT2D eigenvalue weighted by Crippen LogP contribution is -2.66. The Hall–Kier alpha value is -2.32. The first-order valence-electron chi connectivity index (χ1n) is 10.9. The molecule has 3 aromatic rings. The molecule has 0 saturated carbocycles. The van der Waals surface area contributed by atoms with Crippen molar-refractivity contribution < 1.29 is 5.73 Å². The van der Waals surface area contributed by atoms with Gasteiger partial charge in [0.2, 0.25) is 0 Å². The molecule has 0 fully saturated rings. The Balaban J connectivity index is 0.000000500. The largest absolute Gasteiger partial charge is 0.358 e. The first-order valence-corrected chi connectivity index (χ1v) is 10.9. The summed E-state index contributed by atoms with van der Waals surface area (Å²) >= 11 is 0. The maximum absolute atomic E-state index is 3.68. The standard InChI is InChI=1S/C22H24B.C4H11N/c1-2-3-19-23(20-13-7-4-8-14-20,21-15-9-5-10-16-21)22-17-11-6-12-18-22;1-2-3-4-5/h4-18H,2-3,19H2,1H3;2-5H2,1H3/q-1;/p+1. The highest BCUT2D eigenvalue weighted by atomic mass is 14.5. The Bertz CT molecular complexity index is 658. The van der Waals surface area contributed by atoms with Crippen molar-refractivity contribution in [2.45, 2.75) is 45.9 Å². The Morgan fingerprint density at radius 2 is 0.929 bits per heavy atom. The average molecular weight is 373 g/mol. The molecule has 0 bridgehead atoms. The predicted molar refractivity (Wildman–Crippen MR) is 126 cm³/mol. The number of rotatable bonds is 8. The van der Waals surface area contributed by atoms with Crippen LogP contribution in [0.3, 0.4) is 0 Å². The molecule has 1 nitrogen and oxygen atoms in total. The van der Waals surface area contributed by atoms with E-state index in [-0.39, 0.29) is 0 Å². The summed E-state index contributed by atoms with van der Waals surface area (Å²) in [5.74, 6) is 0. The van der Waals surface area contributed by atoms with E-state index in [0.29, 0.717) is 0 Å². The van der Waals surface area contributed by atoms with E-state index in [1.54, 1.807) is 0 Å². The van der Waals surface area contributed by atoms with E-state index in [1.165, 1.54) is 48.4 Å². The van der Waals surface area contributed by atoms with E-state index in [4.69, 9.17) is 0 Å². The van der Waals surface area contributed by atoms with Gasteiger partial charge in [-0.2, -0.15) is 22.7 Å². The molecule has 2 heteroatoms. The molecule has 0 aliphatic rings. The summed E-state index contributed by atoms with van der Waals surface area (Å²) in [7, 11) is 0. The highest BCUT2D eigenvalue weighted by molar-refractivity contribution is 7.11.